The molecular weight excluding hydrogens is 372 g/mol. The van der Waals surface area contributed by atoms with Crippen molar-refractivity contribution in [3.05, 3.63) is 45.6 Å². The summed E-state index contributed by atoms with van der Waals surface area (Å²) in [6, 6.07) is 0. The maximum Gasteiger partial charge on any atom is 4.00 e. The van der Waals surface area contributed by atoms with E-state index in [1.807, 2.05) is 0 Å². The Morgan fingerprint density at radius 3 is 0.885 bits per heavy atom. The van der Waals surface area contributed by atoms with E-state index in [1.54, 1.807) is 0 Å². The van der Waals surface area contributed by atoms with Gasteiger partial charge in [-0.25, -0.2) is 11.1 Å². The zero-order valence-electron chi connectivity index (χ0n) is 19.0. The average molecular weight is 412 g/mol. The zero-order valence-corrected chi connectivity index (χ0v) is 21.8. The summed E-state index contributed by atoms with van der Waals surface area (Å²) in [6.45, 7) is 21.8. The van der Waals surface area contributed by atoms with E-state index in [4.69, 9.17) is 10.2 Å². The molecule has 2 unspecified atom stereocenters. The molecule has 2 aliphatic rings. The zero-order chi connectivity index (χ0) is 20.7. The van der Waals surface area contributed by atoms with E-state index in [0.29, 0.717) is 11.8 Å². The van der Waals surface area contributed by atoms with Gasteiger partial charge in [0.1, 0.15) is 0 Å². The summed E-state index contributed by atoms with van der Waals surface area (Å²) in [5.74, 6) is 1.12. The molecule has 0 saturated carbocycles. The third-order valence-corrected chi connectivity index (χ3v) is 4.47. The fraction of sp³-hybridized carbons (Fsp3) is 0.636. The Morgan fingerprint density at radius 2 is 0.846 bits per heavy atom. The van der Waals surface area contributed by atoms with Crippen molar-refractivity contribution in [2.75, 3.05) is 14.2 Å². The summed E-state index contributed by atoms with van der Waals surface area (Å²) in [5, 5.41) is 16.5. The molecular formula is C22H39O2SiTi. The topological polar surface area (TPSA) is 46.1 Å². The minimum atomic E-state index is 0. The molecule has 0 saturated heterocycles. The quantitative estimate of drug-likeness (QED) is 0.448. The van der Waals surface area contributed by atoms with Crippen LogP contribution in [-0.4, -0.2) is 23.7 Å². The van der Waals surface area contributed by atoms with Gasteiger partial charge in [-0.1, -0.05) is 66.5 Å². The SMILES string of the molecule is CC1=[C-]C(C)C(C)=C1C.CC1=[C-]C(C)C(C)=C1C.C[O-].C[O-].C[SiH]C.[Ti+4]. The van der Waals surface area contributed by atoms with Crippen LogP contribution in [0.2, 0.25) is 13.1 Å². The summed E-state index contributed by atoms with van der Waals surface area (Å²) < 4.78 is 0. The van der Waals surface area contributed by atoms with Gasteiger partial charge in [0.05, 0.1) is 0 Å². The molecule has 1 radical (unpaired) electrons. The van der Waals surface area contributed by atoms with Gasteiger partial charge < -0.3 is 10.2 Å². The predicted molar refractivity (Wildman–Crippen MR) is 111 cm³/mol. The largest absolute Gasteiger partial charge is 4.00 e. The minimum absolute atomic E-state index is 0. The molecule has 2 aliphatic carbocycles. The van der Waals surface area contributed by atoms with Gasteiger partial charge in [0.15, 0.2) is 0 Å². The Kier molecular flexibility index (Phi) is 25.1. The molecule has 0 aromatic rings. The van der Waals surface area contributed by atoms with Gasteiger partial charge >= 0.3 is 21.7 Å². The molecule has 4 heteroatoms. The van der Waals surface area contributed by atoms with Crippen LogP contribution in [0.5, 0.6) is 0 Å². The maximum atomic E-state index is 8.25. The molecule has 0 amide bonds. The van der Waals surface area contributed by atoms with E-state index in [-0.39, 0.29) is 21.7 Å². The first-order valence-electron chi connectivity index (χ1n) is 8.78. The Bertz CT molecular complexity index is 444. The number of allylic oxidation sites excluding steroid dienone is 8. The normalized spacial score (nSPS) is 19.9. The van der Waals surface area contributed by atoms with Crippen LogP contribution < -0.4 is 10.2 Å². The molecule has 0 aromatic carbocycles. The maximum absolute atomic E-state index is 8.25. The second-order valence-electron chi connectivity index (χ2n) is 6.18. The molecule has 0 spiro atoms. The molecule has 2 nitrogen and oxygen atoms in total. The van der Waals surface area contributed by atoms with Crippen molar-refractivity contribution in [3.8, 4) is 0 Å². The smallest absolute Gasteiger partial charge is 0.857 e. The fourth-order valence-corrected chi connectivity index (χ4v) is 2.32. The minimum Gasteiger partial charge on any atom is -0.857 e. The van der Waals surface area contributed by atoms with Crippen LogP contribution in [0.4, 0.5) is 0 Å². The van der Waals surface area contributed by atoms with Crippen LogP contribution in [0.1, 0.15) is 55.4 Å². The summed E-state index contributed by atoms with van der Waals surface area (Å²) in [6.07, 6.45) is 6.72. The van der Waals surface area contributed by atoms with Crippen LogP contribution >= 0.6 is 0 Å². The molecule has 2 atom stereocenters. The van der Waals surface area contributed by atoms with E-state index in [9.17, 15) is 0 Å². The summed E-state index contributed by atoms with van der Waals surface area (Å²) in [5.41, 5.74) is 8.49. The molecule has 0 fully saturated rings. The first-order chi connectivity index (χ1) is 11.7. The molecule has 2 rings (SSSR count). The van der Waals surface area contributed by atoms with E-state index < -0.39 is 0 Å². The number of hydrogen-bond donors (Lipinski definition) is 0. The van der Waals surface area contributed by atoms with Gasteiger partial charge in [0.25, 0.3) is 0 Å². The Balaban J connectivity index is -0.000000135. The standard InChI is InChI=1S/2C9H13.C2H7Si.2CH3O.Ti/c2*1-6-5-7(2)9(4)8(6)3;1-3-2;2*1-2;/h2*6H,1-4H3;3H,1-2H3;2*1H3;/q2*-1;;2*-1;+4. The van der Waals surface area contributed by atoms with Crippen LogP contribution in [0.25, 0.3) is 0 Å². The van der Waals surface area contributed by atoms with Crippen LogP contribution in [0.3, 0.4) is 0 Å². The van der Waals surface area contributed by atoms with Gasteiger partial charge in [0, 0.05) is 9.52 Å². The fourth-order valence-electron chi connectivity index (χ4n) is 2.32. The van der Waals surface area contributed by atoms with Crippen molar-refractivity contribution in [2.45, 2.75) is 68.5 Å². The van der Waals surface area contributed by atoms with Gasteiger partial charge in [-0.3, -0.25) is 12.2 Å². The molecule has 0 heterocycles. The van der Waals surface area contributed by atoms with E-state index in [2.05, 4.69) is 80.6 Å². The van der Waals surface area contributed by atoms with Crippen LogP contribution in [-0.2, 0) is 21.7 Å². The third-order valence-electron chi connectivity index (χ3n) is 4.47. The predicted octanol–water partition coefficient (Wildman–Crippen LogP) is 3.91. The van der Waals surface area contributed by atoms with Gasteiger partial charge in [-0.05, 0) is 0 Å². The van der Waals surface area contributed by atoms with Crippen molar-refractivity contribution in [2.24, 2.45) is 11.8 Å². The summed E-state index contributed by atoms with van der Waals surface area (Å²) in [4.78, 5) is 0. The molecule has 0 bridgehead atoms. The first-order valence-corrected chi connectivity index (χ1v) is 11.1. The summed E-state index contributed by atoms with van der Waals surface area (Å²) in [7, 11) is 2.25. The van der Waals surface area contributed by atoms with Crippen molar-refractivity contribution in [1.29, 1.82) is 0 Å². The Morgan fingerprint density at radius 1 is 0.654 bits per heavy atom. The monoisotopic (exact) mass is 411 g/mol. The third kappa shape index (κ3) is 12.2. The molecule has 0 N–H and O–H groups in total. The van der Waals surface area contributed by atoms with Gasteiger partial charge in [-0.15, -0.1) is 13.8 Å². The van der Waals surface area contributed by atoms with E-state index in [1.165, 1.54) is 33.4 Å². The average Bonchev–Trinajstić information content (AvgIpc) is 2.96. The van der Waals surface area contributed by atoms with Crippen molar-refractivity contribution in [1.82, 2.24) is 0 Å². The molecule has 147 valence electrons. The van der Waals surface area contributed by atoms with Gasteiger partial charge in [-0.2, -0.15) is 36.5 Å². The first kappa shape index (κ1) is 33.4. The van der Waals surface area contributed by atoms with Crippen LogP contribution in [0.15, 0.2) is 33.4 Å². The van der Waals surface area contributed by atoms with E-state index in [0.717, 1.165) is 23.7 Å². The second-order valence-corrected chi connectivity index (χ2v) is 7.33. The number of hydrogen-bond acceptors (Lipinski definition) is 2. The second kappa shape index (κ2) is 19.6. The molecule has 26 heavy (non-hydrogen) atoms. The molecule has 0 aliphatic heterocycles. The summed E-state index contributed by atoms with van der Waals surface area (Å²) >= 11 is 0. The Hall–Kier alpha value is -0.189. The Labute approximate surface area is 181 Å². The van der Waals surface area contributed by atoms with Crippen molar-refractivity contribution < 1.29 is 31.9 Å². The van der Waals surface area contributed by atoms with Crippen molar-refractivity contribution in [3.63, 3.8) is 0 Å². The molecule has 0 aromatic heterocycles. The number of rotatable bonds is 0. The van der Waals surface area contributed by atoms with Crippen LogP contribution in [0, 0.1) is 24.0 Å². The van der Waals surface area contributed by atoms with Crippen molar-refractivity contribution >= 4 is 9.52 Å². The van der Waals surface area contributed by atoms with Gasteiger partial charge in [0.2, 0.25) is 0 Å². The van der Waals surface area contributed by atoms with E-state index >= 15 is 0 Å².